The molecule has 36 heavy (non-hydrogen) atoms. The van der Waals surface area contributed by atoms with E-state index in [4.69, 9.17) is 4.74 Å². The number of ether oxygens (including phenoxy) is 1. The van der Waals surface area contributed by atoms with E-state index in [-0.39, 0.29) is 11.9 Å². The molecule has 3 amide bonds. The molecular weight excluding hydrogens is 458 g/mol. The van der Waals surface area contributed by atoms with Gasteiger partial charge in [-0.15, -0.1) is 0 Å². The molecule has 0 saturated carbocycles. The Kier molecular flexibility index (Phi) is 13.5. The number of carbonyl (C=O) groups is 3. The first kappa shape index (κ1) is 31.4. The standard InChI is InChI=1S/C28H47N3O5/c1-8-11-12-18-31(26(34)23(19-32)30-27(35)36-28(5,6)7)24(25(33)29-20(4)13-9-2)22-16-14-21(10-3)15-17-22/h14-17,20,23-24,32H,8-13,18-19H2,1-7H3,(H,29,33)(H,30,35). The highest BCUT2D eigenvalue weighted by Crippen LogP contribution is 2.25. The second kappa shape index (κ2) is 15.5. The Labute approximate surface area is 217 Å². The number of nitrogens with zero attached hydrogens (tertiary/aromatic N) is 1. The van der Waals surface area contributed by atoms with Crippen molar-refractivity contribution < 1.29 is 24.2 Å². The number of aliphatic hydroxyl groups is 1. The van der Waals surface area contributed by atoms with Gasteiger partial charge in [-0.3, -0.25) is 9.59 Å². The molecule has 1 aromatic rings. The Bertz CT molecular complexity index is 819. The number of unbranched alkanes of at least 4 members (excludes halogenated alkanes) is 2. The highest BCUT2D eigenvalue weighted by Gasteiger charge is 2.36. The van der Waals surface area contributed by atoms with Gasteiger partial charge in [0.25, 0.3) is 0 Å². The number of nitrogens with one attached hydrogen (secondary N) is 2. The summed E-state index contributed by atoms with van der Waals surface area (Å²) in [7, 11) is 0. The molecule has 8 nitrogen and oxygen atoms in total. The summed E-state index contributed by atoms with van der Waals surface area (Å²) in [5, 5.41) is 15.6. The van der Waals surface area contributed by atoms with Crippen molar-refractivity contribution in [1.82, 2.24) is 15.5 Å². The highest BCUT2D eigenvalue weighted by molar-refractivity contribution is 5.92. The molecule has 3 N–H and O–H groups in total. The number of amides is 3. The summed E-state index contributed by atoms with van der Waals surface area (Å²) in [5.41, 5.74) is 1.06. The van der Waals surface area contributed by atoms with Crippen LogP contribution in [0.5, 0.6) is 0 Å². The number of benzene rings is 1. The maximum absolute atomic E-state index is 13.7. The molecule has 0 radical (unpaired) electrons. The number of rotatable bonds is 14. The van der Waals surface area contributed by atoms with Crippen molar-refractivity contribution in [3.05, 3.63) is 35.4 Å². The molecule has 0 aliphatic rings. The van der Waals surface area contributed by atoms with Gasteiger partial charge in [0.15, 0.2) is 0 Å². The van der Waals surface area contributed by atoms with Gasteiger partial charge in [0.05, 0.1) is 6.61 Å². The van der Waals surface area contributed by atoms with E-state index < -0.39 is 36.3 Å². The predicted octanol–water partition coefficient (Wildman–Crippen LogP) is 4.50. The van der Waals surface area contributed by atoms with Gasteiger partial charge >= 0.3 is 6.09 Å². The number of aryl methyl sites for hydroxylation is 1. The lowest BCUT2D eigenvalue weighted by atomic mass is 9.99. The number of aliphatic hydroxyl groups excluding tert-OH is 1. The van der Waals surface area contributed by atoms with Crippen LogP contribution in [0.3, 0.4) is 0 Å². The largest absolute Gasteiger partial charge is 0.444 e. The molecule has 0 bridgehead atoms. The lowest BCUT2D eigenvalue weighted by Crippen LogP contribution is -2.55. The fraction of sp³-hybridized carbons (Fsp3) is 0.679. The summed E-state index contributed by atoms with van der Waals surface area (Å²) < 4.78 is 5.28. The molecule has 0 aliphatic heterocycles. The minimum absolute atomic E-state index is 0.0546. The third-order valence-corrected chi connectivity index (χ3v) is 5.83. The van der Waals surface area contributed by atoms with Crippen molar-refractivity contribution in [2.24, 2.45) is 0 Å². The normalized spacial score (nSPS) is 13.9. The van der Waals surface area contributed by atoms with Crippen LogP contribution in [0.25, 0.3) is 0 Å². The number of hydrogen-bond donors (Lipinski definition) is 3. The zero-order valence-corrected chi connectivity index (χ0v) is 23.2. The molecule has 1 aromatic carbocycles. The van der Waals surface area contributed by atoms with Crippen LogP contribution in [-0.2, 0) is 20.7 Å². The molecule has 3 unspecified atom stereocenters. The van der Waals surface area contributed by atoms with Gasteiger partial charge < -0.3 is 25.4 Å². The van der Waals surface area contributed by atoms with Gasteiger partial charge in [-0.2, -0.15) is 0 Å². The summed E-state index contributed by atoms with van der Waals surface area (Å²) in [6, 6.07) is 5.49. The molecule has 8 heteroatoms. The molecule has 0 spiro atoms. The maximum atomic E-state index is 13.7. The van der Waals surface area contributed by atoms with Crippen molar-refractivity contribution in [3.63, 3.8) is 0 Å². The molecule has 0 fully saturated rings. The number of alkyl carbamates (subject to hydrolysis) is 1. The van der Waals surface area contributed by atoms with E-state index in [9.17, 15) is 19.5 Å². The van der Waals surface area contributed by atoms with Crippen molar-refractivity contribution >= 4 is 17.9 Å². The Morgan fingerprint density at radius 2 is 1.64 bits per heavy atom. The Morgan fingerprint density at radius 3 is 2.14 bits per heavy atom. The monoisotopic (exact) mass is 505 g/mol. The predicted molar refractivity (Wildman–Crippen MR) is 143 cm³/mol. The summed E-state index contributed by atoms with van der Waals surface area (Å²) in [6.45, 7) is 13.0. The summed E-state index contributed by atoms with van der Waals surface area (Å²) >= 11 is 0. The highest BCUT2D eigenvalue weighted by atomic mass is 16.6. The first-order valence-electron chi connectivity index (χ1n) is 13.3. The summed E-state index contributed by atoms with van der Waals surface area (Å²) in [6.07, 6.45) is 4.30. The zero-order chi connectivity index (χ0) is 27.3. The third-order valence-electron chi connectivity index (χ3n) is 5.83. The van der Waals surface area contributed by atoms with Gasteiger partial charge in [0.1, 0.15) is 17.7 Å². The van der Waals surface area contributed by atoms with E-state index in [1.54, 1.807) is 20.8 Å². The van der Waals surface area contributed by atoms with Crippen LogP contribution in [0.4, 0.5) is 4.79 Å². The number of carbonyl (C=O) groups excluding carboxylic acids is 3. The molecule has 1 rings (SSSR count). The van der Waals surface area contributed by atoms with Crippen molar-refractivity contribution in [2.45, 2.75) is 111 Å². The molecular formula is C28H47N3O5. The number of hydrogen-bond acceptors (Lipinski definition) is 5. The topological polar surface area (TPSA) is 108 Å². The Hall–Kier alpha value is -2.61. The fourth-order valence-corrected chi connectivity index (χ4v) is 3.97. The first-order valence-corrected chi connectivity index (χ1v) is 13.3. The van der Waals surface area contributed by atoms with Crippen molar-refractivity contribution in [2.75, 3.05) is 13.2 Å². The minimum Gasteiger partial charge on any atom is -0.444 e. The molecule has 0 saturated heterocycles. The van der Waals surface area contributed by atoms with E-state index in [2.05, 4.69) is 31.4 Å². The lowest BCUT2D eigenvalue weighted by Gasteiger charge is -2.35. The van der Waals surface area contributed by atoms with Crippen LogP contribution >= 0.6 is 0 Å². The van der Waals surface area contributed by atoms with Crippen LogP contribution < -0.4 is 10.6 Å². The lowest BCUT2D eigenvalue weighted by molar-refractivity contribution is -0.143. The van der Waals surface area contributed by atoms with Crippen LogP contribution in [0.2, 0.25) is 0 Å². The van der Waals surface area contributed by atoms with E-state index in [0.717, 1.165) is 37.7 Å². The van der Waals surface area contributed by atoms with E-state index in [1.165, 1.54) is 4.90 Å². The average Bonchev–Trinajstić information content (AvgIpc) is 2.80. The molecule has 3 atom stereocenters. The van der Waals surface area contributed by atoms with Crippen molar-refractivity contribution in [1.29, 1.82) is 0 Å². The first-order chi connectivity index (χ1) is 17.0. The third kappa shape index (κ3) is 10.6. The van der Waals surface area contributed by atoms with Crippen molar-refractivity contribution in [3.8, 4) is 0 Å². The second-order valence-electron chi connectivity index (χ2n) is 10.3. The van der Waals surface area contributed by atoms with E-state index in [0.29, 0.717) is 18.5 Å². The maximum Gasteiger partial charge on any atom is 0.408 e. The quantitative estimate of drug-likeness (QED) is 0.323. The molecule has 0 aromatic heterocycles. The van der Waals surface area contributed by atoms with Crippen LogP contribution in [0, 0.1) is 0 Å². The van der Waals surface area contributed by atoms with Gasteiger partial charge in [-0.1, -0.05) is 64.3 Å². The molecule has 204 valence electrons. The van der Waals surface area contributed by atoms with Gasteiger partial charge in [-0.25, -0.2) is 4.79 Å². The Balaban J connectivity index is 3.39. The van der Waals surface area contributed by atoms with Crippen LogP contribution in [-0.4, -0.2) is 58.8 Å². The molecule has 0 heterocycles. The van der Waals surface area contributed by atoms with Gasteiger partial charge in [-0.05, 0) is 58.1 Å². The minimum atomic E-state index is -1.24. The summed E-state index contributed by atoms with van der Waals surface area (Å²) in [5.74, 6) is -0.804. The summed E-state index contributed by atoms with van der Waals surface area (Å²) in [4.78, 5) is 41.2. The zero-order valence-electron chi connectivity index (χ0n) is 23.2. The SMILES string of the molecule is CCCCCN(C(=O)C(CO)NC(=O)OC(C)(C)C)C(C(=O)NC(C)CCC)c1ccc(CC)cc1. The van der Waals surface area contributed by atoms with Gasteiger partial charge in [0, 0.05) is 12.6 Å². The Morgan fingerprint density at radius 1 is 1.00 bits per heavy atom. The van der Waals surface area contributed by atoms with E-state index in [1.807, 2.05) is 31.2 Å². The second-order valence-corrected chi connectivity index (χ2v) is 10.3. The smallest absolute Gasteiger partial charge is 0.408 e. The van der Waals surface area contributed by atoms with E-state index >= 15 is 0 Å². The van der Waals surface area contributed by atoms with Crippen LogP contribution in [0.15, 0.2) is 24.3 Å². The van der Waals surface area contributed by atoms with Gasteiger partial charge in [0.2, 0.25) is 11.8 Å². The molecule has 0 aliphatic carbocycles. The van der Waals surface area contributed by atoms with Crippen LogP contribution in [0.1, 0.15) is 97.7 Å². The average molecular weight is 506 g/mol. The fourth-order valence-electron chi connectivity index (χ4n) is 3.97.